The van der Waals surface area contributed by atoms with Crippen LogP contribution in [0.4, 0.5) is 0 Å². The Balaban J connectivity index is 3.81. The molecule has 1 amide bonds. The van der Waals surface area contributed by atoms with E-state index in [-0.39, 0.29) is 23.9 Å². The molecule has 1 unspecified atom stereocenters. The van der Waals surface area contributed by atoms with Crippen molar-refractivity contribution in [1.82, 2.24) is 5.32 Å². The number of hydrogen-bond donors (Lipinski definition) is 2. The van der Waals surface area contributed by atoms with E-state index >= 15 is 0 Å². The van der Waals surface area contributed by atoms with Crippen LogP contribution < -0.4 is 11.1 Å². The number of unbranched alkanes of at least 4 members (excludes halogenated alkanes) is 1. The van der Waals surface area contributed by atoms with Crippen LogP contribution in [0, 0.1) is 5.92 Å². The highest BCUT2D eigenvalue weighted by Crippen LogP contribution is 2.02. The summed E-state index contributed by atoms with van der Waals surface area (Å²) in [5.74, 6) is 0.178. The van der Waals surface area contributed by atoms with E-state index in [1.165, 1.54) is 0 Å². The zero-order valence-electron chi connectivity index (χ0n) is 9.84. The number of hydrogen-bond acceptors (Lipinski definition) is 2. The number of nitrogens with one attached hydrogen (secondary N) is 1. The molecule has 3 N–H and O–H groups in total. The quantitative estimate of drug-likeness (QED) is 0.685. The van der Waals surface area contributed by atoms with Crippen LogP contribution in [0.2, 0.25) is 0 Å². The summed E-state index contributed by atoms with van der Waals surface area (Å²) in [4.78, 5) is 11.5. The molecule has 2 atom stereocenters. The lowest BCUT2D eigenvalue weighted by Gasteiger charge is -2.19. The maximum atomic E-state index is 11.5. The smallest absolute Gasteiger partial charge is 0.237 e. The average molecular weight is 200 g/mol. The fraction of sp³-hybridized carbons (Fsp3) is 0.909. The minimum Gasteiger partial charge on any atom is -0.352 e. The SMILES string of the molecule is CCCCC(C)NC(=O)[C@H](N)C(C)C. The molecule has 0 aliphatic rings. The van der Waals surface area contributed by atoms with Crippen molar-refractivity contribution in [2.24, 2.45) is 11.7 Å². The maximum Gasteiger partial charge on any atom is 0.237 e. The van der Waals surface area contributed by atoms with Crippen molar-refractivity contribution in [2.75, 3.05) is 0 Å². The van der Waals surface area contributed by atoms with Crippen LogP contribution >= 0.6 is 0 Å². The molecule has 0 aromatic heterocycles. The molecule has 0 bridgehead atoms. The zero-order chi connectivity index (χ0) is 11.1. The first-order valence-electron chi connectivity index (χ1n) is 5.55. The van der Waals surface area contributed by atoms with Crippen molar-refractivity contribution in [3.05, 3.63) is 0 Å². The zero-order valence-corrected chi connectivity index (χ0v) is 9.84. The Morgan fingerprint density at radius 1 is 1.36 bits per heavy atom. The van der Waals surface area contributed by atoms with E-state index in [4.69, 9.17) is 5.73 Å². The average Bonchev–Trinajstić information content (AvgIpc) is 2.13. The topological polar surface area (TPSA) is 55.1 Å². The van der Waals surface area contributed by atoms with Crippen LogP contribution in [0.15, 0.2) is 0 Å². The lowest BCUT2D eigenvalue weighted by atomic mass is 10.0. The van der Waals surface area contributed by atoms with Gasteiger partial charge in [0.05, 0.1) is 6.04 Å². The Kier molecular flexibility index (Phi) is 6.54. The fourth-order valence-corrected chi connectivity index (χ4v) is 1.22. The molecule has 3 nitrogen and oxygen atoms in total. The summed E-state index contributed by atoms with van der Waals surface area (Å²) in [7, 11) is 0. The molecule has 3 heteroatoms. The van der Waals surface area contributed by atoms with Gasteiger partial charge in [0.1, 0.15) is 0 Å². The van der Waals surface area contributed by atoms with Crippen molar-refractivity contribution in [1.29, 1.82) is 0 Å². The summed E-state index contributed by atoms with van der Waals surface area (Å²) < 4.78 is 0. The molecule has 0 saturated heterocycles. The highest BCUT2D eigenvalue weighted by Gasteiger charge is 2.18. The van der Waals surface area contributed by atoms with Gasteiger partial charge in [-0.3, -0.25) is 4.79 Å². The van der Waals surface area contributed by atoms with Gasteiger partial charge in [0.25, 0.3) is 0 Å². The molecule has 0 rings (SSSR count). The Hall–Kier alpha value is -0.570. The first-order chi connectivity index (χ1) is 6.49. The van der Waals surface area contributed by atoms with E-state index in [2.05, 4.69) is 12.2 Å². The Labute approximate surface area is 87.4 Å². The minimum atomic E-state index is -0.376. The normalized spacial score (nSPS) is 15.3. The molecular formula is C11H24N2O. The standard InChI is InChI=1S/C11H24N2O/c1-5-6-7-9(4)13-11(14)10(12)8(2)3/h8-10H,5-7,12H2,1-4H3,(H,13,14)/t9?,10-/m1/s1. The second-order valence-electron chi connectivity index (χ2n) is 4.32. The van der Waals surface area contributed by atoms with Crippen LogP contribution in [0.25, 0.3) is 0 Å². The maximum absolute atomic E-state index is 11.5. The Morgan fingerprint density at radius 2 is 1.93 bits per heavy atom. The second kappa shape index (κ2) is 6.82. The number of amides is 1. The minimum absolute atomic E-state index is 0.0244. The van der Waals surface area contributed by atoms with Crippen LogP contribution in [-0.2, 0) is 4.79 Å². The monoisotopic (exact) mass is 200 g/mol. The highest BCUT2D eigenvalue weighted by molar-refractivity contribution is 5.81. The molecule has 0 spiro atoms. The van der Waals surface area contributed by atoms with Gasteiger partial charge in [-0.2, -0.15) is 0 Å². The van der Waals surface area contributed by atoms with Gasteiger partial charge < -0.3 is 11.1 Å². The first kappa shape index (κ1) is 13.4. The summed E-state index contributed by atoms with van der Waals surface area (Å²) in [5, 5.41) is 2.93. The van der Waals surface area contributed by atoms with Crippen molar-refractivity contribution in [2.45, 2.75) is 59.0 Å². The number of carbonyl (C=O) groups excluding carboxylic acids is 1. The van der Waals surface area contributed by atoms with E-state index in [0.717, 1.165) is 19.3 Å². The molecule has 0 heterocycles. The summed E-state index contributed by atoms with van der Waals surface area (Å²) >= 11 is 0. The van der Waals surface area contributed by atoms with Crippen LogP contribution in [0.5, 0.6) is 0 Å². The molecule has 0 fully saturated rings. The van der Waals surface area contributed by atoms with E-state index in [0.29, 0.717) is 0 Å². The second-order valence-corrected chi connectivity index (χ2v) is 4.32. The van der Waals surface area contributed by atoms with Gasteiger partial charge in [-0.05, 0) is 19.3 Å². The third kappa shape index (κ3) is 5.22. The number of rotatable bonds is 6. The molecule has 84 valence electrons. The summed E-state index contributed by atoms with van der Waals surface area (Å²) in [6, 6.07) is -0.133. The molecule has 0 saturated carbocycles. The third-order valence-electron chi connectivity index (χ3n) is 2.40. The molecule has 0 aliphatic heterocycles. The van der Waals surface area contributed by atoms with Crippen LogP contribution in [0.1, 0.15) is 47.0 Å². The Morgan fingerprint density at radius 3 is 2.36 bits per heavy atom. The fourth-order valence-electron chi connectivity index (χ4n) is 1.22. The predicted molar refractivity (Wildman–Crippen MR) is 59.9 cm³/mol. The van der Waals surface area contributed by atoms with Crippen molar-refractivity contribution >= 4 is 5.91 Å². The third-order valence-corrected chi connectivity index (χ3v) is 2.40. The van der Waals surface area contributed by atoms with Crippen LogP contribution in [0.3, 0.4) is 0 Å². The highest BCUT2D eigenvalue weighted by atomic mass is 16.2. The molecule has 0 aromatic rings. The van der Waals surface area contributed by atoms with Crippen molar-refractivity contribution in [3.63, 3.8) is 0 Å². The first-order valence-corrected chi connectivity index (χ1v) is 5.55. The van der Waals surface area contributed by atoms with Crippen molar-refractivity contribution in [3.8, 4) is 0 Å². The van der Waals surface area contributed by atoms with Gasteiger partial charge in [0, 0.05) is 6.04 Å². The number of nitrogens with two attached hydrogens (primary N) is 1. The van der Waals surface area contributed by atoms with E-state index < -0.39 is 0 Å². The largest absolute Gasteiger partial charge is 0.352 e. The van der Waals surface area contributed by atoms with Gasteiger partial charge in [-0.1, -0.05) is 33.6 Å². The number of carbonyl (C=O) groups is 1. The molecule has 14 heavy (non-hydrogen) atoms. The molecule has 0 radical (unpaired) electrons. The lowest BCUT2D eigenvalue weighted by Crippen LogP contribution is -2.47. The van der Waals surface area contributed by atoms with Crippen LogP contribution in [-0.4, -0.2) is 18.0 Å². The predicted octanol–water partition coefficient (Wildman–Crippen LogP) is 1.66. The molecule has 0 aliphatic carbocycles. The van der Waals surface area contributed by atoms with Gasteiger partial charge in [-0.25, -0.2) is 0 Å². The summed E-state index contributed by atoms with van der Waals surface area (Å²) in [6.45, 7) is 8.09. The summed E-state index contributed by atoms with van der Waals surface area (Å²) in [6.07, 6.45) is 3.35. The summed E-state index contributed by atoms with van der Waals surface area (Å²) in [5.41, 5.74) is 5.72. The van der Waals surface area contributed by atoms with Gasteiger partial charge in [0.2, 0.25) is 5.91 Å². The van der Waals surface area contributed by atoms with E-state index in [1.54, 1.807) is 0 Å². The Bertz CT molecular complexity index is 169. The van der Waals surface area contributed by atoms with Crippen molar-refractivity contribution < 1.29 is 4.79 Å². The molecular weight excluding hydrogens is 176 g/mol. The van der Waals surface area contributed by atoms with Gasteiger partial charge >= 0.3 is 0 Å². The molecule has 0 aromatic carbocycles. The van der Waals surface area contributed by atoms with E-state index in [9.17, 15) is 4.79 Å². The van der Waals surface area contributed by atoms with Gasteiger partial charge in [-0.15, -0.1) is 0 Å². The van der Waals surface area contributed by atoms with E-state index in [1.807, 2.05) is 20.8 Å². The van der Waals surface area contributed by atoms with Gasteiger partial charge in [0.15, 0.2) is 0 Å². The lowest BCUT2D eigenvalue weighted by molar-refractivity contribution is -0.123.